The molecule has 2 N–H and O–H groups in total. The Balaban J connectivity index is 2.42. The van der Waals surface area contributed by atoms with Crippen molar-refractivity contribution in [3.63, 3.8) is 0 Å². The van der Waals surface area contributed by atoms with Crippen LogP contribution in [0.1, 0.15) is 11.3 Å². The Morgan fingerprint density at radius 2 is 1.80 bits per heavy atom. The molecule has 1 unspecified atom stereocenters. The number of sulfonamides is 1. The van der Waals surface area contributed by atoms with Gasteiger partial charge in [-0.15, -0.1) is 0 Å². The molecule has 1 heterocycles. The van der Waals surface area contributed by atoms with Crippen molar-refractivity contribution in [2.75, 3.05) is 0 Å². The van der Waals surface area contributed by atoms with Crippen LogP contribution in [0, 0.1) is 11.6 Å². The van der Waals surface area contributed by atoms with Crippen LogP contribution in [0.15, 0.2) is 36.7 Å². The minimum Gasteiger partial charge on any atom is -0.462 e. The molecule has 1 aromatic carbocycles. The number of primary sulfonamides is 1. The number of hydrogen-bond acceptors (Lipinski definition) is 5. The van der Waals surface area contributed by atoms with Gasteiger partial charge in [0.15, 0.2) is 17.4 Å². The molecule has 0 radical (unpaired) electrons. The van der Waals surface area contributed by atoms with E-state index in [1.807, 2.05) is 0 Å². The summed E-state index contributed by atoms with van der Waals surface area (Å²) in [6.07, 6.45) is 2.54. The average Bonchev–Trinajstić information content (AvgIpc) is 2.40. The van der Waals surface area contributed by atoms with Crippen LogP contribution in [-0.2, 0) is 10.0 Å². The van der Waals surface area contributed by atoms with Gasteiger partial charge in [0, 0.05) is 12.4 Å². The molecule has 0 bridgehead atoms. The van der Waals surface area contributed by atoms with Crippen molar-refractivity contribution in [1.29, 1.82) is 0 Å². The quantitative estimate of drug-likeness (QED) is 0.913. The van der Waals surface area contributed by atoms with Gasteiger partial charge in [0.25, 0.3) is 15.5 Å². The van der Waals surface area contributed by atoms with E-state index in [1.165, 1.54) is 24.5 Å². The van der Waals surface area contributed by atoms with Gasteiger partial charge in [0.2, 0.25) is 5.82 Å². The molecule has 0 saturated carbocycles. The SMILES string of the molecule is NS(=O)(=O)C(Oc1cccc(F)c1F)c1ncccn1. The van der Waals surface area contributed by atoms with Crippen molar-refractivity contribution in [2.24, 2.45) is 5.14 Å². The molecule has 2 aromatic rings. The van der Waals surface area contributed by atoms with Crippen molar-refractivity contribution in [2.45, 2.75) is 5.44 Å². The zero-order valence-corrected chi connectivity index (χ0v) is 10.7. The van der Waals surface area contributed by atoms with Crippen LogP contribution in [0.5, 0.6) is 5.75 Å². The molecule has 1 atom stereocenters. The van der Waals surface area contributed by atoms with Gasteiger partial charge in [-0.1, -0.05) is 6.07 Å². The number of nitrogens with two attached hydrogens (primary N) is 1. The smallest absolute Gasteiger partial charge is 0.271 e. The summed E-state index contributed by atoms with van der Waals surface area (Å²) in [5, 5.41) is 5.00. The molecule has 0 aliphatic rings. The van der Waals surface area contributed by atoms with Gasteiger partial charge in [0.1, 0.15) is 0 Å². The normalized spacial score (nSPS) is 12.9. The number of ether oxygens (including phenoxy) is 1. The van der Waals surface area contributed by atoms with E-state index in [-0.39, 0.29) is 5.82 Å². The highest BCUT2D eigenvalue weighted by Crippen LogP contribution is 2.26. The number of benzene rings is 1. The van der Waals surface area contributed by atoms with Crippen LogP contribution in [0.2, 0.25) is 0 Å². The third-order valence-corrected chi connectivity index (χ3v) is 3.15. The molecule has 2 rings (SSSR count). The van der Waals surface area contributed by atoms with Crippen LogP contribution in [-0.4, -0.2) is 18.4 Å². The fraction of sp³-hybridized carbons (Fsp3) is 0.0909. The molecule has 0 aliphatic carbocycles. The third kappa shape index (κ3) is 3.06. The zero-order valence-electron chi connectivity index (χ0n) is 9.90. The molecule has 0 amide bonds. The summed E-state index contributed by atoms with van der Waals surface area (Å²) >= 11 is 0. The van der Waals surface area contributed by atoms with Crippen molar-refractivity contribution in [1.82, 2.24) is 9.97 Å². The second-order valence-corrected chi connectivity index (χ2v) is 5.30. The minimum absolute atomic E-state index is 0.279. The summed E-state index contributed by atoms with van der Waals surface area (Å²) < 4.78 is 54.5. The van der Waals surface area contributed by atoms with Crippen molar-refractivity contribution < 1.29 is 21.9 Å². The first-order valence-electron chi connectivity index (χ1n) is 5.29. The highest BCUT2D eigenvalue weighted by molar-refractivity contribution is 7.89. The number of hydrogen-bond donors (Lipinski definition) is 1. The highest BCUT2D eigenvalue weighted by atomic mass is 32.2. The topological polar surface area (TPSA) is 95.2 Å². The van der Waals surface area contributed by atoms with Crippen molar-refractivity contribution >= 4 is 10.0 Å². The van der Waals surface area contributed by atoms with Crippen molar-refractivity contribution in [3.05, 3.63) is 54.1 Å². The first-order chi connectivity index (χ1) is 9.39. The number of halogens is 2. The monoisotopic (exact) mass is 301 g/mol. The Kier molecular flexibility index (Phi) is 3.91. The molecule has 106 valence electrons. The summed E-state index contributed by atoms with van der Waals surface area (Å²) in [5.41, 5.74) is -1.83. The lowest BCUT2D eigenvalue weighted by atomic mass is 10.3. The maximum absolute atomic E-state index is 13.5. The van der Waals surface area contributed by atoms with E-state index in [0.29, 0.717) is 0 Å². The summed E-state index contributed by atoms with van der Waals surface area (Å²) in [7, 11) is -4.28. The summed E-state index contributed by atoms with van der Waals surface area (Å²) in [6, 6.07) is 4.55. The Bertz CT molecular complexity index is 710. The van der Waals surface area contributed by atoms with Crippen molar-refractivity contribution in [3.8, 4) is 5.75 Å². The van der Waals surface area contributed by atoms with E-state index in [4.69, 9.17) is 9.88 Å². The van der Waals surface area contributed by atoms with E-state index < -0.39 is 32.8 Å². The van der Waals surface area contributed by atoms with Crippen LogP contribution < -0.4 is 9.88 Å². The van der Waals surface area contributed by atoms with E-state index in [9.17, 15) is 17.2 Å². The van der Waals surface area contributed by atoms with Gasteiger partial charge in [-0.25, -0.2) is 27.9 Å². The van der Waals surface area contributed by atoms with Crippen LogP contribution in [0.4, 0.5) is 8.78 Å². The van der Waals surface area contributed by atoms with Gasteiger partial charge < -0.3 is 4.74 Å². The lowest BCUT2D eigenvalue weighted by molar-refractivity contribution is 0.253. The van der Waals surface area contributed by atoms with Gasteiger partial charge in [-0.2, -0.15) is 4.39 Å². The predicted molar refractivity (Wildman–Crippen MR) is 64.9 cm³/mol. The highest BCUT2D eigenvalue weighted by Gasteiger charge is 2.29. The molecule has 0 spiro atoms. The lowest BCUT2D eigenvalue weighted by Crippen LogP contribution is -2.28. The van der Waals surface area contributed by atoms with Gasteiger partial charge >= 0.3 is 0 Å². The van der Waals surface area contributed by atoms with Gasteiger partial charge in [0.05, 0.1) is 0 Å². The van der Waals surface area contributed by atoms with E-state index in [0.717, 1.165) is 12.1 Å². The number of rotatable bonds is 4. The molecular weight excluding hydrogens is 292 g/mol. The molecule has 9 heteroatoms. The minimum atomic E-state index is -4.28. The predicted octanol–water partition coefficient (Wildman–Crippen LogP) is 1.12. The van der Waals surface area contributed by atoms with E-state index >= 15 is 0 Å². The van der Waals surface area contributed by atoms with Crippen LogP contribution >= 0.6 is 0 Å². The summed E-state index contributed by atoms with van der Waals surface area (Å²) in [6.45, 7) is 0. The molecule has 1 aromatic heterocycles. The standard InChI is InChI=1S/C11H9F2N3O3S/c12-7-3-1-4-8(9(7)13)19-11(20(14,17)18)10-15-5-2-6-16-10/h1-6,11H,(H2,14,17,18). The molecule has 0 saturated heterocycles. The summed E-state index contributed by atoms with van der Waals surface area (Å²) in [4.78, 5) is 7.36. The Labute approximate surface area is 113 Å². The molecule has 0 aliphatic heterocycles. The van der Waals surface area contributed by atoms with Crippen LogP contribution in [0.25, 0.3) is 0 Å². The molecular formula is C11H9F2N3O3S. The second kappa shape index (κ2) is 5.47. The van der Waals surface area contributed by atoms with E-state index in [2.05, 4.69) is 9.97 Å². The maximum atomic E-state index is 13.5. The largest absolute Gasteiger partial charge is 0.462 e. The van der Waals surface area contributed by atoms with Crippen LogP contribution in [0.3, 0.4) is 0 Å². The average molecular weight is 301 g/mol. The fourth-order valence-corrected chi connectivity index (χ4v) is 2.04. The second-order valence-electron chi connectivity index (χ2n) is 3.70. The first-order valence-corrected chi connectivity index (χ1v) is 6.89. The lowest BCUT2D eigenvalue weighted by Gasteiger charge is -2.16. The summed E-state index contributed by atoms with van der Waals surface area (Å²) in [5.74, 6) is -3.38. The third-order valence-electron chi connectivity index (χ3n) is 2.25. The Morgan fingerprint density at radius 3 is 2.40 bits per heavy atom. The molecule has 6 nitrogen and oxygen atoms in total. The first kappa shape index (κ1) is 14.3. The van der Waals surface area contributed by atoms with Gasteiger partial charge in [-0.05, 0) is 18.2 Å². The Morgan fingerprint density at radius 1 is 1.15 bits per heavy atom. The molecule has 0 fully saturated rings. The zero-order chi connectivity index (χ0) is 14.8. The number of aromatic nitrogens is 2. The molecule has 20 heavy (non-hydrogen) atoms. The van der Waals surface area contributed by atoms with E-state index in [1.54, 1.807) is 0 Å². The Hall–Kier alpha value is -2.13. The fourth-order valence-electron chi connectivity index (χ4n) is 1.39. The maximum Gasteiger partial charge on any atom is 0.271 e. The van der Waals surface area contributed by atoms with Gasteiger partial charge in [-0.3, -0.25) is 0 Å². The number of nitrogens with zero attached hydrogens (tertiary/aromatic N) is 2.